The van der Waals surface area contributed by atoms with Crippen molar-refractivity contribution in [2.24, 2.45) is 0 Å². The molecule has 0 radical (unpaired) electrons. The van der Waals surface area contributed by atoms with Crippen molar-refractivity contribution in [1.82, 2.24) is 0 Å². The van der Waals surface area contributed by atoms with Crippen molar-refractivity contribution in [2.45, 2.75) is 0 Å². The minimum absolute atomic E-state index is 0.732. The van der Waals surface area contributed by atoms with Crippen molar-refractivity contribution >= 4 is 31.9 Å². The lowest BCUT2D eigenvalue weighted by Gasteiger charge is -1.70. The average Bonchev–Trinajstić information content (AvgIpc) is 1.80. The van der Waals surface area contributed by atoms with E-state index in [1.54, 1.807) is 0 Å². The van der Waals surface area contributed by atoms with E-state index in [-0.39, 0.29) is 0 Å². The molecule has 0 aromatic heterocycles. The van der Waals surface area contributed by atoms with Crippen LogP contribution in [-0.2, 0) is 0 Å². The van der Waals surface area contributed by atoms with Crippen LogP contribution in [0.3, 0.4) is 0 Å². The summed E-state index contributed by atoms with van der Waals surface area (Å²) in [4.78, 5) is 0. The molecule has 6 heavy (non-hydrogen) atoms. The van der Waals surface area contributed by atoms with E-state index in [1.165, 1.54) is 0 Å². The number of hydrogen-bond acceptors (Lipinski definition) is 0. The second-order valence-corrected chi connectivity index (χ2v) is 1.23. The first-order valence-corrected chi connectivity index (χ1v) is 2.71. The standard InChI is InChI=1S/C4H6Br2/c5-3-1-2-4-6/h1-2H,3-4H2/b2-1+/i1D,2D,3D2,4D2. The number of alkyl halides is 2. The topological polar surface area (TPSA) is 0 Å². The molecule has 0 N–H and O–H groups in total. The fourth-order valence-electron chi connectivity index (χ4n) is 0.0472. The van der Waals surface area contributed by atoms with Crippen LogP contribution in [0.1, 0.15) is 8.22 Å². The van der Waals surface area contributed by atoms with E-state index in [2.05, 4.69) is 31.9 Å². The van der Waals surface area contributed by atoms with Gasteiger partial charge in [-0.3, -0.25) is 0 Å². The summed E-state index contributed by atoms with van der Waals surface area (Å²) < 4.78 is 42.1. The van der Waals surface area contributed by atoms with Crippen molar-refractivity contribution in [3.8, 4) is 0 Å². The Labute approximate surface area is 63.3 Å². The first-order chi connectivity index (χ1) is 5.07. The summed E-state index contributed by atoms with van der Waals surface area (Å²) in [7, 11) is 0. The van der Waals surface area contributed by atoms with E-state index >= 15 is 0 Å². The fraction of sp³-hybridized carbons (Fsp3) is 0.500. The maximum Gasteiger partial charge on any atom is 0.0582 e. The highest BCUT2D eigenvalue weighted by Crippen LogP contribution is 1.84. The molecular formula is C4H6Br2. The molecule has 0 aliphatic carbocycles. The predicted octanol–water partition coefficient (Wildman–Crippen LogP) is 2.33. The largest absolute Gasteiger partial charge is 0.0883 e. The molecule has 0 spiro atoms. The van der Waals surface area contributed by atoms with Gasteiger partial charge < -0.3 is 0 Å². The number of halogens is 2. The smallest absolute Gasteiger partial charge is 0.0582 e. The Kier molecular flexibility index (Phi) is 1.51. The summed E-state index contributed by atoms with van der Waals surface area (Å²) in [6.07, 6.45) is 0. The zero-order valence-corrected chi connectivity index (χ0v) is 5.93. The van der Waals surface area contributed by atoms with Gasteiger partial charge in [0.2, 0.25) is 0 Å². The third-order valence-corrected chi connectivity index (χ3v) is 0.553. The van der Waals surface area contributed by atoms with Crippen LogP contribution in [0.5, 0.6) is 0 Å². The predicted molar refractivity (Wildman–Crippen MR) is 36.7 cm³/mol. The first-order valence-electron chi connectivity index (χ1n) is 4.13. The van der Waals surface area contributed by atoms with Crippen LogP contribution >= 0.6 is 31.9 Å². The summed E-state index contributed by atoms with van der Waals surface area (Å²) in [5, 5.41) is -4.32. The van der Waals surface area contributed by atoms with Crippen molar-refractivity contribution in [3.63, 3.8) is 0 Å². The highest BCUT2D eigenvalue weighted by Gasteiger charge is 1.62. The van der Waals surface area contributed by atoms with E-state index in [4.69, 9.17) is 8.22 Å². The molecule has 0 aromatic carbocycles. The molecule has 0 aromatic rings. The molecule has 0 rings (SSSR count). The molecule has 0 aliphatic rings. The van der Waals surface area contributed by atoms with E-state index in [0.717, 1.165) is 0 Å². The maximum atomic E-state index is 7.09. The summed E-state index contributed by atoms with van der Waals surface area (Å²) in [6.45, 7) is 0. The second kappa shape index (κ2) is 5.70. The molecule has 0 unspecified atom stereocenters. The van der Waals surface area contributed by atoms with Crippen LogP contribution in [0.4, 0.5) is 0 Å². The minimum atomic E-state index is -2.16. The normalized spacial score (nSPS) is 33.0. The molecule has 0 amide bonds. The molecule has 0 heterocycles. The zero-order chi connectivity index (χ0) is 10.2. The van der Waals surface area contributed by atoms with Crippen LogP contribution in [0.15, 0.2) is 12.1 Å². The number of hydrogen-bond donors (Lipinski definition) is 0. The van der Waals surface area contributed by atoms with Crippen molar-refractivity contribution in [3.05, 3.63) is 12.1 Å². The highest BCUT2D eigenvalue weighted by molar-refractivity contribution is 9.09. The summed E-state index contributed by atoms with van der Waals surface area (Å²) in [6, 6.07) is -1.46. The van der Waals surface area contributed by atoms with Crippen LogP contribution in [0.25, 0.3) is 0 Å². The Hall–Kier alpha value is 0.700. The molecule has 0 bridgehead atoms. The SMILES string of the molecule is [2H]/C(=C(/[2H])C([2H])([2H])Br)C([2H])([2H])Br. The monoisotopic (exact) mass is 218 g/mol. The molecule has 36 valence electrons. The van der Waals surface area contributed by atoms with Gasteiger partial charge in [-0.1, -0.05) is 44.0 Å². The Balaban J connectivity index is 4.96. The first kappa shape index (κ1) is 1.59. The summed E-state index contributed by atoms with van der Waals surface area (Å²) >= 11 is 5.03. The van der Waals surface area contributed by atoms with Gasteiger partial charge in [0.15, 0.2) is 0 Å². The Morgan fingerprint density at radius 1 is 1.50 bits per heavy atom. The van der Waals surface area contributed by atoms with Gasteiger partial charge in [0, 0.05) is 16.0 Å². The summed E-state index contributed by atoms with van der Waals surface area (Å²) in [5.41, 5.74) is 0. The van der Waals surface area contributed by atoms with Gasteiger partial charge in [-0.05, 0) is 0 Å². The minimum Gasteiger partial charge on any atom is -0.0883 e. The molecule has 0 atom stereocenters. The van der Waals surface area contributed by atoms with Crippen LogP contribution in [0, 0.1) is 0 Å². The second-order valence-electron chi connectivity index (χ2n) is 0.439. The van der Waals surface area contributed by atoms with Gasteiger partial charge in [-0.15, -0.1) is 0 Å². The quantitative estimate of drug-likeness (QED) is 0.494. The number of allylic oxidation sites excluding steroid dienone is 2. The third-order valence-electron chi connectivity index (χ3n) is 0.157. The van der Waals surface area contributed by atoms with E-state index in [1.807, 2.05) is 0 Å². The summed E-state index contributed by atoms with van der Waals surface area (Å²) in [5.74, 6) is 0. The van der Waals surface area contributed by atoms with Gasteiger partial charge in [0.25, 0.3) is 0 Å². The molecule has 0 saturated heterocycles. The van der Waals surface area contributed by atoms with Gasteiger partial charge in [-0.2, -0.15) is 0 Å². The third kappa shape index (κ3) is 4.70. The molecule has 0 fully saturated rings. The van der Waals surface area contributed by atoms with Crippen LogP contribution in [-0.4, -0.2) is 10.6 Å². The molecule has 0 saturated carbocycles. The Morgan fingerprint density at radius 2 is 1.83 bits per heavy atom. The lowest BCUT2D eigenvalue weighted by Crippen LogP contribution is -1.58. The van der Waals surface area contributed by atoms with Gasteiger partial charge in [0.1, 0.15) is 0 Å². The molecular weight excluding hydrogens is 208 g/mol. The zero-order valence-electron chi connectivity index (χ0n) is 8.76. The Bertz CT molecular complexity index is 177. The number of rotatable bonds is 2. The highest BCUT2D eigenvalue weighted by atomic mass is 79.9. The lowest BCUT2D eigenvalue weighted by molar-refractivity contribution is 1.71. The average molecular weight is 220 g/mol. The van der Waals surface area contributed by atoms with Crippen LogP contribution in [0.2, 0.25) is 0 Å². The van der Waals surface area contributed by atoms with Crippen molar-refractivity contribution in [2.75, 3.05) is 10.6 Å². The van der Waals surface area contributed by atoms with Gasteiger partial charge in [0.05, 0.1) is 2.74 Å². The Morgan fingerprint density at radius 3 is 2.00 bits per heavy atom. The van der Waals surface area contributed by atoms with E-state index in [0.29, 0.717) is 0 Å². The van der Waals surface area contributed by atoms with Crippen molar-refractivity contribution in [1.29, 1.82) is 0 Å². The molecule has 2 heteroatoms. The van der Waals surface area contributed by atoms with Crippen molar-refractivity contribution < 1.29 is 8.22 Å². The maximum absolute atomic E-state index is 7.09. The van der Waals surface area contributed by atoms with Crippen LogP contribution < -0.4 is 0 Å². The van der Waals surface area contributed by atoms with Gasteiger partial charge in [-0.25, -0.2) is 0 Å². The van der Waals surface area contributed by atoms with Gasteiger partial charge >= 0.3 is 0 Å². The lowest BCUT2D eigenvalue weighted by atomic mass is 10.6. The molecule has 0 aliphatic heterocycles. The van der Waals surface area contributed by atoms with E-state index < -0.39 is 22.7 Å². The fourth-order valence-corrected chi connectivity index (χ4v) is 0.245. The molecule has 0 nitrogen and oxygen atoms in total. The van der Waals surface area contributed by atoms with E-state index in [9.17, 15) is 0 Å².